The van der Waals surface area contributed by atoms with Crippen molar-refractivity contribution in [3.63, 3.8) is 0 Å². The first-order valence-electron chi connectivity index (χ1n) is 17.1. The highest BCUT2D eigenvalue weighted by atomic mass is 32.2. The molecule has 266 valence electrons. The van der Waals surface area contributed by atoms with Crippen LogP contribution in [0.5, 0.6) is 5.75 Å². The molecule has 0 aliphatic rings. The molecule has 8 rings (SSSR count). The molecule has 8 aromatic rings. The van der Waals surface area contributed by atoms with Gasteiger partial charge in [-0.05, 0) is 94.7 Å². The maximum absolute atomic E-state index is 13.0. The van der Waals surface area contributed by atoms with Crippen molar-refractivity contribution in [2.75, 3.05) is 9.80 Å². The summed E-state index contributed by atoms with van der Waals surface area (Å²) in [5.74, 6) is -0.445. The molecule has 0 saturated heterocycles. The van der Waals surface area contributed by atoms with E-state index in [-0.39, 0.29) is 0 Å². The molecule has 0 spiro atoms. The third-order valence-electron chi connectivity index (χ3n) is 9.20. The van der Waals surface area contributed by atoms with Crippen LogP contribution in [-0.4, -0.2) is 13.9 Å². The normalized spacial score (nSPS) is 11.8. The Morgan fingerprint density at radius 3 is 1.22 bits per heavy atom. The third kappa shape index (κ3) is 6.73. The lowest BCUT2D eigenvalue weighted by Crippen LogP contribution is -2.28. The highest BCUT2D eigenvalue weighted by molar-refractivity contribution is 7.88. The highest BCUT2D eigenvalue weighted by Crippen LogP contribution is 2.42. The van der Waals surface area contributed by atoms with Gasteiger partial charge in [-0.15, -0.1) is 0 Å². The molecule has 54 heavy (non-hydrogen) atoms. The van der Waals surface area contributed by atoms with Crippen molar-refractivity contribution in [1.29, 1.82) is 0 Å². The Labute approximate surface area is 310 Å². The maximum Gasteiger partial charge on any atom is 0.534 e. The minimum Gasteiger partial charge on any atom is -0.376 e. The average Bonchev–Trinajstić information content (AvgIpc) is 3.19. The lowest BCUT2D eigenvalue weighted by Gasteiger charge is -2.27. The van der Waals surface area contributed by atoms with Gasteiger partial charge in [-0.25, -0.2) is 0 Å². The summed E-state index contributed by atoms with van der Waals surface area (Å²) < 4.78 is 66.7. The monoisotopic (exact) mass is 736 g/mol. The molecule has 5 nitrogen and oxygen atoms in total. The van der Waals surface area contributed by atoms with E-state index in [2.05, 4.69) is 81.9 Å². The fraction of sp³-hybridized carbons (Fsp3) is 0.0222. The van der Waals surface area contributed by atoms with Crippen LogP contribution in [0.15, 0.2) is 188 Å². The minimum absolute atomic E-state index is 0.445. The van der Waals surface area contributed by atoms with Crippen LogP contribution < -0.4 is 14.0 Å². The van der Waals surface area contributed by atoms with Gasteiger partial charge in [0.05, 0.1) is 11.4 Å². The van der Waals surface area contributed by atoms with E-state index in [0.717, 1.165) is 61.1 Å². The van der Waals surface area contributed by atoms with Crippen molar-refractivity contribution in [2.45, 2.75) is 5.51 Å². The number of halogens is 3. The Hall–Kier alpha value is -6.58. The lowest BCUT2D eigenvalue weighted by atomic mass is 10.0. The molecular weight excluding hydrogens is 706 g/mol. The van der Waals surface area contributed by atoms with Crippen molar-refractivity contribution < 1.29 is 25.8 Å². The van der Waals surface area contributed by atoms with Crippen molar-refractivity contribution >= 4 is 65.8 Å². The van der Waals surface area contributed by atoms with E-state index in [1.165, 1.54) is 24.3 Å². The quantitative estimate of drug-likeness (QED) is 0.109. The first kappa shape index (κ1) is 34.5. The zero-order valence-electron chi connectivity index (χ0n) is 28.6. The summed E-state index contributed by atoms with van der Waals surface area (Å²) in [6.07, 6.45) is 0. The zero-order valence-corrected chi connectivity index (χ0v) is 29.4. The van der Waals surface area contributed by atoms with Crippen molar-refractivity contribution in [3.05, 3.63) is 188 Å². The van der Waals surface area contributed by atoms with Crippen LogP contribution in [0.1, 0.15) is 0 Å². The second-order valence-electron chi connectivity index (χ2n) is 12.6. The van der Waals surface area contributed by atoms with Crippen LogP contribution in [0.4, 0.5) is 47.3 Å². The largest absolute Gasteiger partial charge is 0.534 e. The van der Waals surface area contributed by atoms with E-state index in [1.54, 1.807) is 0 Å². The van der Waals surface area contributed by atoms with Crippen LogP contribution in [-0.2, 0) is 10.1 Å². The fourth-order valence-electron chi connectivity index (χ4n) is 6.67. The molecule has 0 unspecified atom stereocenters. The number of hydrogen-bond acceptors (Lipinski definition) is 5. The number of para-hydroxylation sites is 1. The summed E-state index contributed by atoms with van der Waals surface area (Å²) in [6.45, 7) is 0. The fourth-order valence-corrected chi connectivity index (χ4v) is 7.13. The van der Waals surface area contributed by atoms with Gasteiger partial charge in [-0.2, -0.15) is 21.6 Å². The summed E-state index contributed by atoms with van der Waals surface area (Å²) >= 11 is 0. The molecule has 0 radical (unpaired) electrons. The molecule has 0 aromatic heterocycles. The summed E-state index contributed by atoms with van der Waals surface area (Å²) in [6, 6.07) is 60.7. The van der Waals surface area contributed by atoms with E-state index < -0.39 is 21.4 Å². The number of fused-ring (bicyclic) bond motifs is 2. The highest BCUT2D eigenvalue weighted by Gasteiger charge is 2.48. The standard InChI is InChI=1S/C45H31F3N2O3S/c46-45(47,48)54(51,52)53-40-30-28-39(29-31-40)50(44-19-9-13-35-11-5-7-17-42(35)44)38-26-22-33(23-27-38)32-20-24-37(25-21-32)49(36-14-2-1-3-15-36)43-18-8-12-34-10-4-6-16-41(34)43/h1-31H. The summed E-state index contributed by atoms with van der Waals surface area (Å²) in [4.78, 5) is 4.23. The molecule has 0 aliphatic heterocycles. The van der Waals surface area contributed by atoms with Gasteiger partial charge in [-0.1, -0.05) is 115 Å². The zero-order chi connectivity index (χ0) is 37.3. The molecule has 0 amide bonds. The Kier molecular flexibility index (Phi) is 9.01. The smallest absolute Gasteiger partial charge is 0.376 e. The van der Waals surface area contributed by atoms with E-state index in [9.17, 15) is 21.6 Å². The van der Waals surface area contributed by atoms with Crippen LogP contribution in [0, 0.1) is 0 Å². The number of benzene rings is 8. The van der Waals surface area contributed by atoms with E-state index in [4.69, 9.17) is 0 Å². The van der Waals surface area contributed by atoms with E-state index >= 15 is 0 Å². The van der Waals surface area contributed by atoms with Gasteiger partial charge >= 0.3 is 15.6 Å². The topological polar surface area (TPSA) is 49.9 Å². The third-order valence-corrected chi connectivity index (χ3v) is 10.2. The van der Waals surface area contributed by atoms with Gasteiger partial charge in [0.25, 0.3) is 0 Å². The van der Waals surface area contributed by atoms with E-state index in [1.807, 2.05) is 95.9 Å². The van der Waals surface area contributed by atoms with Crippen LogP contribution in [0.25, 0.3) is 32.7 Å². The van der Waals surface area contributed by atoms with Crippen molar-refractivity contribution in [3.8, 4) is 16.9 Å². The number of anilines is 6. The number of alkyl halides is 3. The Morgan fingerprint density at radius 2 is 0.778 bits per heavy atom. The number of rotatable bonds is 9. The SMILES string of the molecule is O=S(=O)(Oc1ccc(N(c2ccc(-c3ccc(N(c4ccccc4)c4cccc5ccccc45)cc3)cc2)c2cccc3ccccc23)cc1)C(F)(F)F. The predicted molar refractivity (Wildman–Crippen MR) is 212 cm³/mol. The summed E-state index contributed by atoms with van der Waals surface area (Å²) in [7, 11) is -5.81. The summed E-state index contributed by atoms with van der Waals surface area (Å²) in [5.41, 5.74) is 1.80. The maximum atomic E-state index is 13.0. The Morgan fingerprint density at radius 1 is 0.407 bits per heavy atom. The van der Waals surface area contributed by atoms with Gasteiger partial charge in [0.15, 0.2) is 0 Å². The van der Waals surface area contributed by atoms with Gasteiger partial charge < -0.3 is 14.0 Å². The molecule has 8 aromatic carbocycles. The first-order chi connectivity index (χ1) is 26.2. The molecule has 0 N–H and O–H groups in total. The molecule has 0 saturated carbocycles. The number of hydrogen-bond donors (Lipinski definition) is 0. The van der Waals surface area contributed by atoms with Crippen molar-refractivity contribution in [1.82, 2.24) is 0 Å². The molecule has 0 atom stereocenters. The molecule has 0 aliphatic carbocycles. The van der Waals surface area contributed by atoms with Gasteiger partial charge in [-0.3, -0.25) is 0 Å². The van der Waals surface area contributed by atoms with Gasteiger partial charge in [0, 0.05) is 33.5 Å². The lowest BCUT2D eigenvalue weighted by molar-refractivity contribution is -0.0500. The predicted octanol–water partition coefficient (Wildman–Crippen LogP) is 12.8. The number of nitrogens with zero attached hydrogens (tertiary/aromatic N) is 2. The van der Waals surface area contributed by atoms with Crippen molar-refractivity contribution in [2.24, 2.45) is 0 Å². The Bertz CT molecular complexity index is 2670. The van der Waals surface area contributed by atoms with Gasteiger partial charge in [0.1, 0.15) is 5.75 Å². The molecule has 0 bridgehead atoms. The second-order valence-corrected chi connectivity index (χ2v) is 14.1. The molecular formula is C45H31F3N2O3S. The summed E-state index contributed by atoms with van der Waals surface area (Å²) in [5, 5.41) is 4.26. The van der Waals surface area contributed by atoms with Gasteiger partial charge in [0.2, 0.25) is 0 Å². The molecule has 0 fully saturated rings. The van der Waals surface area contributed by atoms with Crippen LogP contribution in [0.3, 0.4) is 0 Å². The first-order valence-corrected chi connectivity index (χ1v) is 18.5. The average molecular weight is 737 g/mol. The molecule has 0 heterocycles. The van der Waals surface area contributed by atoms with Crippen LogP contribution >= 0.6 is 0 Å². The van der Waals surface area contributed by atoms with Crippen LogP contribution in [0.2, 0.25) is 0 Å². The molecule has 9 heteroatoms. The Balaban J connectivity index is 1.14. The minimum atomic E-state index is -5.81. The second kappa shape index (κ2) is 14.1. The van der Waals surface area contributed by atoms with E-state index in [0.29, 0.717) is 5.69 Å².